The van der Waals surface area contributed by atoms with Crippen LogP contribution in [0.5, 0.6) is 0 Å². The van der Waals surface area contributed by atoms with E-state index in [9.17, 15) is 9.59 Å². The number of carbonyl (C=O) groups excluding carboxylic acids is 2. The van der Waals surface area contributed by atoms with E-state index in [0.717, 1.165) is 6.42 Å². The zero-order valence-corrected chi connectivity index (χ0v) is 11.9. The molecule has 1 unspecified atom stereocenters. The maximum Gasteiger partial charge on any atom is 0.247 e. The first-order valence-electron chi connectivity index (χ1n) is 6.76. The van der Waals surface area contributed by atoms with Crippen molar-refractivity contribution in [2.75, 3.05) is 26.7 Å². The standard InChI is InChI=1S/C13H21N5O2/c1-10(18-6-3-5-15-18)13(20)16(2)9-12(19)17-7-4-11(14)8-17/h3,5-6,10-11H,4,7-9,14H2,1-2H3/t10?,11-/m1/s1. The van der Waals surface area contributed by atoms with E-state index in [1.165, 1.54) is 4.90 Å². The summed E-state index contributed by atoms with van der Waals surface area (Å²) in [7, 11) is 1.64. The molecular weight excluding hydrogens is 258 g/mol. The number of aromatic nitrogens is 2. The van der Waals surface area contributed by atoms with Crippen molar-refractivity contribution in [2.24, 2.45) is 5.73 Å². The van der Waals surface area contributed by atoms with Crippen LogP contribution in [0.1, 0.15) is 19.4 Å². The Balaban J connectivity index is 1.89. The Morgan fingerprint density at radius 3 is 2.85 bits per heavy atom. The second-order valence-electron chi connectivity index (χ2n) is 5.24. The number of likely N-dealkylation sites (tertiary alicyclic amines) is 1. The van der Waals surface area contributed by atoms with Crippen LogP contribution >= 0.6 is 0 Å². The van der Waals surface area contributed by atoms with Gasteiger partial charge in [0.1, 0.15) is 6.04 Å². The van der Waals surface area contributed by atoms with Crippen molar-refractivity contribution in [1.29, 1.82) is 0 Å². The van der Waals surface area contributed by atoms with Crippen LogP contribution in [0.25, 0.3) is 0 Å². The van der Waals surface area contributed by atoms with Crippen LogP contribution < -0.4 is 5.73 Å². The van der Waals surface area contributed by atoms with Gasteiger partial charge in [-0.15, -0.1) is 0 Å². The predicted molar refractivity (Wildman–Crippen MR) is 73.7 cm³/mol. The highest BCUT2D eigenvalue weighted by Crippen LogP contribution is 2.10. The largest absolute Gasteiger partial charge is 0.340 e. The molecule has 7 nitrogen and oxygen atoms in total. The van der Waals surface area contributed by atoms with Gasteiger partial charge in [0, 0.05) is 38.6 Å². The van der Waals surface area contributed by atoms with Gasteiger partial charge in [0.15, 0.2) is 0 Å². The van der Waals surface area contributed by atoms with Crippen LogP contribution in [0.2, 0.25) is 0 Å². The van der Waals surface area contributed by atoms with Gasteiger partial charge in [0.05, 0.1) is 6.54 Å². The third-order valence-electron chi connectivity index (χ3n) is 3.61. The summed E-state index contributed by atoms with van der Waals surface area (Å²) in [5, 5.41) is 4.04. The number of nitrogens with two attached hydrogens (primary N) is 1. The summed E-state index contributed by atoms with van der Waals surface area (Å²) in [6.07, 6.45) is 4.19. The molecule has 1 aromatic rings. The average molecular weight is 279 g/mol. The molecule has 1 aliphatic heterocycles. The fourth-order valence-electron chi connectivity index (χ4n) is 2.34. The lowest BCUT2D eigenvalue weighted by molar-refractivity contribution is -0.140. The Morgan fingerprint density at radius 1 is 1.55 bits per heavy atom. The minimum Gasteiger partial charge on any atom is -0.340 e. The molecule has 1 fully saturated rings. The summed E-state index contributed by atoms with van der Waals surface area (Å²) in [5.41, 5.74) is 5.78. The summed E-state index contributed by atoms with van der Waals surface area (Å²) >= 11 is 0. The topological polar surface area (TPSA) is 84.5 Å². The Morgan fingerprint density at radius 2 is 2.30 bits per heavy atom. The minimum atomic E-state index is -0.413. The lowest BCUT2D eigenvalue weighted by Crippen LogP contribution is -2.43. The van der Waals surface area contributed by atoms with Gasteiger partial charge in [-0.2, -0.15) is 5.10 Å². The Bertz CT molecular complexity index is 473. The van der Waals surface area contributed by atoms with Gasteiger partial charge in [-0.25, -0.2) is 0 Å². The molecule has 0 saturated carbocycles. The molecule has 0 bridgehead atoms. The molecule has 2 heterocycles. The number of amides is 2. The normalized spacial score (nSPS) is 19.9. The fourth-order valence-corrected chi connectivity index (χ4v) is 2.34. The first-order chi connectivity index (χ1) is 9.49. The maximum atomic E-state index is 12.2. The Kier molecular flexibility index (Phi) is 4.39. The van der Waals surface area contributed by atoms with Crippen LogP contribution in [-0.2, 0) is 9.59 Å². The van der Waals surface area contributed by atoms with E-state index in [2.05, 4.69) is 5.10 Å². The highest BCUT2D eigenvalue weighted by atomic mass is 16.2. The van der Waals surface area contributed by atoms with Gasteiger partial charge in [-0.05, 0) is 19.4 Å². The molecule has 2 amide bonds. The molecule has 110 valence electrons. The second kappa shape index (κ2) is 6.04. The third-order valence-corrected chi connectivity index (χ3v) is 3.61. The van der Waals surface area contributed by atoms with Crippen molar-refractivity contribution < 1.29 is 9.59 Å². The lowest BCUT2D eigenvalue weighted by Gasteiger charge is -2.24. The quantitative estimate of drug-likeness (QED) is 0.802. The molecule has 2 N–H and O–H groups in total. The molecule has 1 saturated heterocycles. The number of carbonyl (C=O) groups is 2. The maximum absolute atomic E-state index is 12.2. The lowest BCUT2D eigenvalue weighted by atomic mass is 10.3. The van der Waals surface area contributed by atoms with Crippen molar-refractivity contribution in [3.8, 4) is 0 Å². The summed E-state index contributed by atoms with van der Waals surface area (Å²) in [6.45, 7) is 3.10. The van der Waals surface area contributed by atoms with E-state index in [0.29, 0.717) is 13.1 Å². The van der Waals surface area contributed by atoms with Gasteiger partial charge >= 0.3 is 0 Å². The van der Waals surface area contributed by atoms with E-state index in [1.54, 1.807) is 42.0 Å². The van der Waals surface area contributed by atoms with Gasteiger partial charge in [0.2, 0.25) is 11.8 Å². The first kappa shape index (κ1) is 14.5. The molecule has 2 atom stereocenters. The minimum absolute atomic E-state index is 0.0542. The summed E-state index contributed by atoms with van der Waals surface area (Å²) in [4.78, 5) is 27.5. The third kappa shape index (κ3) is 3.16. The summed E-state index contributed by atoms with van der Waals surface area (Å²) in [5.74, 6) is -0.188. The van der Waals surface area contributed by atoms with Gasteiger partial charge in [-0.1, -0.05) is 0 Å². The monoisotopic (exact) mass is 279 g/mol. The van der Waals surface area contributed by atoms with E-state index in [-0.39, 0.29) is 24.4 Å². The number of rotatable bonds is 4. The first-order valence-corrected chi connectivity index (χ1v) is 6.76. The average Bonchev–Trinajstić information content (AvgIpc) is 3.07. The molecule has 0 spiro atoms. The van der Waals surface area contributed by atoms with Crippen LogP contribution in [0.3, 0.4) is 0 Å². The highest BCUT2D eigenvalue weighted by Gasteiger charge is 2.27. The van der Waals surface area contributed by atoms with Crippen molar-refractivity contribution in [3.05, 3.63) is 18.5 Å². The van der Waals surface area contributed by atoms with E-state index < -0.39 is 6.04 Å². The Hall–Kier alpha value is -1.89. The van der Waals surface area contributed by atoms with Crippen LogP contribution in [0, 0.1) is 0 Å². The van der Waals surface area contributed by atoms with Gasteiger partial charge < -0.3 is 15.5 Å². The highest BCUT2D eigenvalue weighted by molar-refractivity contribution is 5.86. The zero-order chi connectivity index (χ0) is 14.7. The van der Waals surface area contributed by atoms with Crippen molar-refractivity contribution in [1.82, 2.24) is 19.6 Å². The molecule has 0 aromatic carbocycles. The molecular formula is C13H21N5O2. The van der Waals surface area contributed by atoms with E-state index in [1.807, 2.05) is 0 Å². The number of likely N-dealkylation sites (N-methyl/N-ethyl adjacent to an activating group) is 1. The van der Waals surface area contributed by atoms with Crippen molar-refractivity contribution in [3.63, 3.8) is 0 Å². The molecule has 2 rings (SSSR count). The number of hydrogen-bond donors (Lipinski definition) is 1. The predicted octanol–water partition coefficient (Wildman–Crippen LogP) is -0.538. The van der Waals surface area contributed by atoms with Gasteiger partial charge in [-0.3, -0.25) is 14.3 Å². The smallest absolute Gasteiger partial charge is 0.247 e. The molecule has 0 radical (unpaired) electrons. The van der Waals surface area contributed by atoms with Crippen molar-refractivity contribution >= 4 is 11.8 Å². The zero-order valence-electron chi connectivity index (χ0n) is 11.9. The second-order valence-corrected chi connectivity index (χ2v) is 5.24. The number of hydrogen-bond acceptors (Lipinski definition) is 4. The summed E-state index contributed by atoms with van der Waals surface area (Å²) < 4.78 is 1.58. The van der Waals surface area contributed by atoms with Crippen LogP contribution in [0.4, 0.5) is 0 Å². The van der Waals surface area contributed by atoms with Gasteiger partial charge in [0.25, 0.3) is 0 Å². The van der Waals surface area contributed by atoms with E-state index >= 15 is 0 Å². The molecule has 1 aromatic heterocycles. The van der Waals surface area contributed by atoms with E-state index in [4.69, 9.17) is 5.73 Å². The molecule has 20 heavy (non-hydrogen) atoms. The molecule has 7 heteroatoms. The number of nitrogens with zero attached hydrogens (tertiary/aromatic N) is 4. The van der Waals surface area contributed by atoms with Crippen LogP contribution in [0.15, 0.2) is 18.5 Å². The molecule has 0 aliphatic carbocycles. The SMILES string of the molecule is CC(C(=O)N(C)CC(=O)N1CC[C@@H](N)C1)n1cccn1. The molecule has 1 aliphatic rings. The summed E-state index contributed by atoms with van der Waals surface area (Å²) in [6, 6.07) is 1.41. The fraction of sp³-hybridized carbons (Fsp3) is 0.615. The van der Waals surface area contributed by atoms with Crippen LogP contribution in [-0.4, -0.2) is 64.1 Å². The van der Waals surface area contributed by atoms with Crippen molar-refractivity contribution in [2.45, 2.75) is 25.4 Å². The Labute approximate surface area is 118 Å².